The SMILES string of the molecule is CCC(C(N)=S)S(=O)(=O)NCCNC(N)=O. The average molecular weight is 268 g/mol. The summed E-state index contributed by atoms with van der Waals surface area (Å²) >= 11 is 4.65. The minimum absolute atomic E-state index is 0.0460. The van der Waals surface area contributed by atoms with E-state index >= 15 is 0 Å². The summed E-state index contributed by atoms with van der Waals surface area (Å²) in [5.41, 5.74) is 10.1. The highest BCUT2D eigenvalue weighted by Gasteiger charge is 2.25. The second-order valence-electron chi connectivity index (χ2n) is 3.03. The van der Waals surface area contributed by atoms with Crippen molar-refractivity contribution in [1.29, 1.82) is 0 Å². The fourth-order valence-corrected chi connectivity index (χ4v) is 2.93. The lowest BCUT2D eigenvalue weighted by Gasteiger charge is -2.15. The Morgan fingerprint density at radius 2 is 1.94 bits per heavy atom. The molecule has 0 aromatic rings. The summed E-state index contributed by atoms with van der Waals surface area (Å²) in [7, 11) is -3.58. The van der Waals surface area contributed by atoms with Gasteiger partial charge in [-0.1, -0.05) is 19.1 Å². The number of thiocarbonyl (C=S) groups is 1. The van der Waals surface area contributed by atoms with Crippen LogP contribution in [-0.2, 0) is 10.0 Å². The maximum atomic E-state index is 11.6. The third-order valence-electron chi connectivity index (χ3n) is 1.79. The van der Waals surface area contributed by atoms with Crippen LogP contribution < -0.4 is 21.5 Å². The van der Waals surface area contributed by atoms with E-state index in [4.69, 9.17) is 11.5 Å². The Labute approximate surface area is 100.0 Å². The van der Waals surface area contributed by atoms with E-state index in [1.54, 1.807) is 6.92 Å². The summed E-state index contributed by atoms with van der Waals surface area (Å²) in [4.78, 5) is 10.2. The van der Waals surface area contributed by atoms with E-state index in [0.29, 0.717) is 6.42 Å². The number of amides is 2. The summed E-state index contributed by atoms with van der Waals surface area (Å²) in [5.74, 6) is 0. The molecule has 94 valence electrons. The van der Waals surface area contributed by atoms with Crippen molar-refractivity contribution in [3.05, 3.63) is 0 Å². The summed E-state index contributed by atoms with van der Waals surface area (Å²) in [6, 6.07) is -0.708. The number of nitrogens with two attached hydrogens (primary N) is 2. The van der Waals surface area contributed by atoms with Gasteiger partial charge in [-0.25, -0.2) is 17.9 Å². The largest absolute Gasteiger partial charge is 0.392 e. The lowest BCUT2D eigenvalue weighted by Crippen LogP contribution is -2.44. The Kier molecular flexibility index (Phi) is 6.22. The van der Waals surface area contributed by atoms with Crippen molar-refractivity contribution in [2.45, 2.75) is 18.6 Å². The van der Waals surface area contributed by atoms with Crippen molar-refractivity contribution in [1.82, 2.24) is 10.0 Å². The third-order valence-corrected chi connectivity index (χ3v) is 4.17. The smallest absolute Gasteiger partial charge is 0.312 e. The van der Waals surface area contributed by atoms with Crippen LogP contribution in [0.1, 0.15) is 13.3 Å². The molecule has 0 bridgehead atoms. The van der Waals surface area contributed by atoms with Crippen molar-refractivity contribution in [3.8, 4) is 0 Å². The van der Waals surface area contributed by atoms with Gasteiger partial charge in [0.2, 0.25) is 10.0 Å². The predicted octanol–water partition coefficient (Wildman–Crippen LogP) is -1.36. The van der Waals surface area contributed by atoms with Gasteiger partial charge in [0.1, 0.15) is 5.25 Å². The van der Waals surface area contributed by atoms with Crippen LogP contribution in [0.4, 0.5) is 4.79 Å². The molecule has 7 nitrogen and oxygen atoms in total. The Hall–Kier alpha value is -0.930. The zero-order chi connectivity index (χ0) is 12.8. The number of sulfonamides is 1. The summed E-state index contributed by atoms with van der Waals surface area (Å²) in [5, 5.41) is 1.36. The van der Waals surface area contributed by atoms with E-state index in [1.165, 1.54) is 0 Å². The van der Waals surface area contributed by atoms with Crippen LogP contribution in [0.5, 0.6) is 0 Å². The molecule has 0 saturated heterocycles. The van der Waals surface area contributed by atoms with Crippen LogP contribution in [0.2, 0.25) is 0 Å². The number of urea groups is 1. The molecule has 0 rings (SSSR count). The molecule has 0 aromatic carbocycles. The Balaban J connectivity index is 4.24. The molecule has 6 N–H and O–H groups in total. The van der Waals surface area contributed by atoms with E-state index in [2.05, 4.69) is 22.3 Å². The van der Waals surface area contributed by atoms with Gasteiger partial charge >= 0.3 is 6.03 Å². The first kappa shape index (κ1) is 15.1. The molecule has 0 spiro atoms. The van der Waals surface area contributed by atoms with Crippen LogP contribution in [0.25, 0.3) is 0 Å². The summed E-state index contributed by atoms with van der Waals surface area (Å²) in [6.07, 6.45) is 0.300. The molecule has 0 aromatic heterocycles. The predicted molar refractivity (Wildman–Crippen MR) is 65.4 cm³/mol. The van der Waals surface area contributed by atoms with Gasteiger partial charge in [0, 0.05) is 13.1 Å². The zero-order valence-corrected chi connectivity index (χ0v) is 10.5. The van der Waals surface area contributed by atoms with Crippen molar-refractivity contribution < 1.29 is 13.2 Å². The molecule has 2 amide bonds. The molecular weight excluding hydrogens is 252 g/mol. The van der Waals surface area contributed by atoms with Gasteiger partial charge in [0.25, 0.3) is 0 Å². The molecule has 0 aliphatic carbocycles. The van der Waals surface area contributed by atoms with E-state index in [0.717, 1.165) is 0 Å². The van der Waals surface area contributed by atoms with Gasteiger partial charge in [0.15, 0.2) is 0 Å². The molecule has 0 saturated carbocycles. The minimum atomic E-state index is -3.58. The molecule has 1 unspecified atom stereocenters. The highest BCUT2D eigenvalue weighted by molar-refractivity contribution is 7.93. The van der Waals surface area contributed by atoms with E-state index in [9.17, 15) is 13.2 Å². The second kappa shape index (κ2) is 6.61. The maximum Gasteiger partial charge on any atom is 0.312 e. The lowest BCUT2D eigenvalue weighted by molar-refractivity contribution is 0.249. The van der Waals surface area contributed by atoms with Crippen LogP contribution in [-0.4, -0.2) is 37.8 Å². The van der Waals surface area contributed by atoms with Gasteiger partial charge in [-0.2, -0.15) is 0 Å². The quantitative estimate of drug-likeness (QED) is 0.335. The van der Waals surface area contributed by atoms with Crippen molar-refractivity contribution in [3.63, 3.8) is 0 Å². The molecule has 0 aliphatic heterocycles. The average Bonchev–Trinajstić information content (AvgIpc) is 2.12. The van der Waals surface area contributed by atoms with E-state index in [-0.39, 0.29) is 18.1 Å². The number of hydrogen-bond donors (Lipinski definition) is 4. The third kappa shape index (κ3) is 5.24. The number of primary amides is 1. The van der Waals surface area contributed by atoms with Gasteiger partial charge in [-0.15, -0.1) is 0 Å². The highest BCUT2D eigenvalue weighted by Crippen LogP contribution is 2.03. The fourth-order valence-electron chi connectivity index (χ4n) is 1.05. The first-order chi connectivity index (χ1) is 7.31. The normalized spacial score (nSPS) is 13.1. The standard InChI is InChI=1S/C7H16N4O3S2/c1-2-5(6(8)15)16(13,14)11-4-3-10-7(9)12/h5,11H,2-4H2,1H3,(H2,8,15)(H3,9,10,12). The number of rotatable bonds is 7. The number of carbonyl (C=O) groups is 1. The topological polar surface area (TPSA) is 127 Å². The van der Waals surface area contributed by atoms with Crippen molar-refractivity contribution >= 4 is 33.3 Å². The van der Waals surface area contributed by atoms with Crippen LogP contribution in [0.3, 0.4) is 0 Å². The Morgan fingerprint density at radius 1 is 1.38 bits per heavy atom. The van der Waals surface area contributed by atoms with E-state index in [1.807, 2.05) is 0 Å². The first-order valence-electron chi connectivity index (χ1n) is 4.62. The summed E-state index contributed by atoms with van der Waals surface area (Å²) in [6.45, 7) is 1.83. The lowest BCUT2D eigenvalue weighted by atomic mass is 10.3. The van der Waals surface area contributed by atoms with Crippen LogP contribution >= 0.6 is 12.2 Å². The van der Waals surface area contributed by atoms with E-state index < -0.39 is 21.3 Å². The highest BCUT2D eigenvalue weighted by atomic mass is 32.2. The maximum absolute atomic E-state index is 11.6. The molecule has 0 aliphatic rings. The minimum Gasteiger partial charge on any atom is -0.392 e. The molecular formula is C7H16N4O3S2. The van der Waals surface area contributed by atoms with Crippen molar-refractivity contribution in [2.24, 2.45) is 11.5 Å². The van der Waals surface area contributed by atoms with Gasteiger partial charge in [-0.05, 0) is 6.42 Å². The second-order valence-corrected chi connectivity index (χ2v) is 5.45. The van der Waals surface area contributed by atoms with Gasteiger partial charge in [0.05, 0.1) is 4.99 Å². The number of hydrogen-bond acceptors (Lipinski definition) is 4. The van der Waals surface area contributed by atoms with Crippen molar-refractivity contribution in [2.75, 3.05) is 13.1 Å². The molecule has 16 heavy (non-hydrogen) atoms. The fraction of sp³-hybridized carbons (Fsp3) is 0.714. The molecule has 1 atom stereocenters. The molecule has 9 heteroatoms. The zero-order valence-electron chi connectivity index (χ0n) is 8.89. The van der Waals surface area contributed by atoms with Gasteiger partial charge < -0.3 is 16.8 Å². The Bertz CT molecular complexity index is 355. The molecule has 0 radical (unpaired) electrons. The van der Waals surface area contributed by atoms with Crippen LogP contribution in [0, 0.1) is 0 Å². The Morgan fingerprint density at radius 3 is 2.31 bits per heavy atom. The number of carbonyl (C=O) groups excluding carboxylic acids is 1. The molecule has 0 fully saturated rings. The summed E-state index contributed by atoms with van der Waals surface area (Å²) < 4.78 is 25.5. The molecule has 0 heterocycles. The van der Waals surface area contributed by atoms with Gasteiger partial charge in [-0.3, -0.25) is 0 Å². The monoisotopic (exact) mass is 268 g/mol. The first-order valence-corrected chi connectivity index (χ1v) is 6.57. The van der Waals surface area contributed by atoms with Crippen LogP contribution in [0.15, 0.2) is 0 Å². The number of nitrogens with one attached hydrogen (secondary N) is 2.